The fraction of sp³-hybridized carbons (Fsp3) is 0.316. The zero-order valence-corrected chi connectivity index (χ0v) is 16.0. The molecule has 3 aromatic heterocycles. The second-order valence-corrected chi connectivity index (χ2v) is 6.91. The molecule has 0 amide bonds. The van der Waals surface area contributed by atoms with Crippen LogP contribution in [0.5, 0.6) is 0 Å². The summed E-state index contributed by atoms with van der Waals surface area (Å²) >= 11 is 7.84. The summed E-state index contributed by atoms with van der Waals surface area (Å²) in [6.45, 7) is 2.27. The highest BCUT2D eigenvalue weighted by molar-refractivity contribution is 7.09. The number of methoxy groups -OCH3 is 1. The molecule has 0 unspecified atom stereocenters. The van der Waals surface area contributed by atoms with Crippen LogP contribution in [0.4, 0.5) is 5.69 Å². The number of halogens is 1. The molecule has 0 saturated carbocycles. The van der Waals surface area contributed by atoms with Crippen LogP contribution in [0.1, 0.15) is 25.9 Å². The number of pyridine rings is 1. The highest BCUT2D eigenvalue weighted by Crippen LogP contribution is 2.33. The van der Waals surface area contributed by atoms with E-state index in [9.17, 15) is 0 Å². The average Bonchev–Trinajstić information content (AvgIpc) is 3.29. The van der Waals surface area contributed by atoms with Gasteiger partial charge in [0.1, 0.15) is 16.4 Å². The van der Waals surface area contributed by atoms with Gasteiger partial charge >= 0.3 is 0 Å². The second kappa shape index (κ2) is 8.56. The van der Waals surface area contributed by atoms with E-state index < -0.39 is 12.4 Å². The number of hydrogen-bond acceptors (Lipinski definition) is 6. The Kier molecular flexibility index (Phi) is 5.32. The summed E-state index contributed by atoms with van der Waals surface area (Å²) in [6.07, 6.45) is -2.01. The average molecular weight is 392 g/mol. The molecule has 26 heavy (non-hydrogen) atoms. The molecule has 0 aliphatic heterocycles. The van der Waals surface area contributed by atoms with E-state index in [4.69, 9.17) is 29.2 Å². The Balaban J connectivity index is 2.13. The number of hydrogen-bond donors (Lipinski definition) is 2. The van der Waals surface area contributed by atoms with E-state index in [0.717, 1.165) is 4.88 Å². The number of nitrogens with two attached hydrogens (primary N) is 1. The van der Waals surface area contributed by atoms with Crippen molar-refractivity contribution in [2.24, 2.45) is 5.73 Å². The highest BCUT2D eigenvalue weighted by Gasteiger charge is 2.20. The number of anilines is 1. The molecule has 7 heteroatoms. The molecule has 5 nitrogen and oxygen atoms in total. The van der Waals surface area contributed by atoms with Gasteiger partial charge in [-0.1, -0.05) is 23.6 Å². The lowest BCUT2D eigenvalue weighted by Crippen LogP contribution is -2.28. The molecule has 0 radical (unpaired) electrons. The molecule has 0 spiro atoms. The van der Waals surface area contributed by atoms with Crippen LogP contribution in [0, 0.1) is 11.8 Å². The van der Waals surface area contributed by atoms with Crippen molar-refractivity contribution in [3.8, 4) is 11.8 Å². The number of nitrogens with one attached hydrogen (secondary N) is 1. The lowest BCUT2D eigenvalue weighted by Gasteiger charge is -2.08. The first-order valence-electron chi connectivity index (χ1n) is 8.95. The van der Waals surface area contributed by atoms with Gasteiger partial charge in [-0.2, -0.15) is 0 Å². The standard InChI is InChI=1S/C19H20ClN3O2S/c1-3-5-14-16(8-12(21)11-24-2)25-19-15(9-17(20)23-18(14)19)22-10-13-6-4-7-26-13/h4,6-7,9,12H,8,10-11,21H2,1-2H3,(H,22,23)/t12-/m1/s1/i8D2. The van der Waals surface area contributed by atoms with Gasteiger partial charge in [-0.25, -0.2) is 4.98 Å². The summed E-state index contributed by atoms with van der Waals surface area (Å²) < 4.78 is 27.9. The van der Waals surface area contributed by atoms with Crippen LogP contribution in [0.25, 0.3) is 11.1 Å². The first-order chi connectivity index (χ1) is 13.4. The van der Waals surface area contributed by atoms with Crippen LogP contribution < -0.4 is 11.1 Å². The van der Waals surface area contributed by atoms with Crippen molar-refractivity contribution in [2.45, 2.75) is 25.9 Å². The normalized spacial score (nSPS) is 13.7. The summed E-state index contributed by atoms with van der Waals surface area (Å²) in [6, 6.07) is 4.70. The Hall–Kier alpha value is -2.04. The Labute approximate surface area is 164 Å². The Morgan fingerprint density at radius 3 is 3.12 bits per heavy atom. The maximum absolute atomic E-state index is 8.49. The molecule has 0 aliphatic rings. The molecule has 3 N–H and O–H groups in total. The minimum Gasteiger partial charge on any atom is -0.456 e. The third-order valence-corrected chi connectivity index (χ3v) is 4.63. The van der Waals surface area contributed by atoms with Gasteiger partial charge in [-0.15, -0.1) is 17.3 Å². The fourth-order valence-electron chi connectivity index (χ4n) is 2.49. The molecule has 0 bridgehead atoms. The number of aromatic nitrogens is 1. The SMILES string of the molecule is [2H]C([2H])(c1oc2c(NCc3cccs3)cc(Cl)nc2c1C#CC)[C@@H](N)COC. The predicted molar refractivity (Wildman–Crippen MR) is 107 cm³/mol. The van der Waals surface area contributed by atoms with E-state index in [1.165, 1.54) is 7.11 Å². The zero-order valence-electron chi connectivity index (χ0n) is 16.4. The number of furan rings is 1. The molecular formula is C19H20ClN3O2S. The lowest BCUT2D eigenvalue weighted by molar-refractivity contribution is 0.178. The first kappa shape index (κ1) is 16.2. The summed E-state index contributed by atoms with van der Waals surface area (Å²) in [5.41, 5.74) is 7.75. The van der Waals surface area contributed by atoms with E-state index >= 15 is 0 Å². The molecule has 0 aromatic carbocycles. The van der Waals surface area contributed by atoms with Gasteiger partial charge in [0.25, 0.3) is 0 Å². The van der Waals surface area contributed by atoms with Crippen molar-refractivity contribution in [3.63, 3.8) is 0 Å². The van der Waals surface area contributed by atoms with Crippen LogP contribution >= 0.6 is 22.9 Å². The number of nitrogens with zero attached hydrogens (tertiary/aromatic N) is 1. The van der Waals surface area contributed by atoms with E-state index in [1.807, 2.05) is 17.5 Å². The van der Waals surface area contributed by atoms with Crippen molar-refractivity contribution < 1.29 is 11.9 Å². The van der Waals surface area contributed by atoms with Gasteiger partial charge in [0.05, 0.1) is 17.9 Å². The lowest BCUT2D eigenvalue weighted by atomic mass is 10.1. The molecule has 0 saturated heterocycles. The Bertz CT molecular complexity index is 1030. The zero-order chi connectivity index (χ0) is 20.3. The summed E-state index contributed by atoms with van der Waals surface area (Å²) in [7, 11) is 1.47. The van der Waals surface area contributed by atoms with Crippen LogP contribution in [0.15, 0.2) is 28.0 Å². The second-order valence-electron chi connectivity index (χ2n) is 5.49. The van der Waals surface area contributed by atoms with Gasteiger partial charge in [0.15, 0.2) is 5.58 Å². The molecular weight excluding hydrogens is 370 g/mol. The van der Waals surface area contributed by atoms with Crippen molar-refractivity contribution in [2.75, 3.05) is 19.0 Å². The quantitative estimate of drug-likeness (QED) is 0.469. The minimum atomic E-state index is -2.01. The van der Waals surface area contributed by atoms with Crippen molar-refractivity contribution >= 4 is 39.7 Å². The van der Waals surface area contributed by atoms with Crippen molar-refractivity contribution in [1.29, 1.82) is 0 Å². The third-order valence-electron chi connectivity index (χ3n) is 3.56. The third kappa shape index (κ3) is 4.19. The smallest absolute Gasteiger partial charge is 0.177 e. The van der Waals surface area contributed by atoms with E-state index in [2.05, 4.69) is 22.1 Å². The maximum atomic E-state index is 8.49. The van der Waals surface area contributed by atoms with E-state index in [1.54, 1.807) is 24.3 Å². The van der Waals surface area contributed by atoms with Crippen molar-refractivity contribution in [3.05, 3.63) is 44.9 Å². The van der Waals surface area contributed by atoms with Gasteiger partial charge in [0, 0.05) is 39.8 Å². The van der Waals surface area contributed by atoms with E-state index in [-0.39, 0.29) is 17.5 Å². The summed E-state index contributed by atoms with van der Waals surface area (Å²) in [5, 5.41) is 5.54. The number of ether oxygens (including phenoxy) is 1. The molecule has 1 atom stereocenters. The van der Waals surface area contributed by atoms with Crippen LogP contribution in [0.2, 0.25) is 5.15 Å². The number of thiophene rings is 1. The van der Waals surface area contributed by atoms with Gasteiger partial charge in [-0.05, 0) is 18.4 Å². The van der Waals surface area contributed by atoms with Gasteiger partial charge < -0.3 is 20.2 Å². The molecule has 3 heterocycles. The minimum absolute atomic E-state index is 0.0235. The summed E-state index contributed by atoms with van der Waals surface area (Å²) in [5.74, 6) is 5.71. The molecule has 3 rings (SSSR count). The Morgan fingerprint density at radius 2 is 2.42 bits per heavy atom. The largest absolute Gasteiger partial charge is 0.456 e. The fourth-order valence-corrected chi connectivity index (χ4v) is 3.33. The van der Waals surface area contributed by atoms with Crippen LogP contribution in [-0.4, -0.2) is 24.7 Å². The topological polar surface area (TPSA) is 73.3 Å². The van der Waals surface area contributed by atoms with E-state index in [0.29, 0.717) is 28.9 Å². The molecule has 3 aromatic rings. The first-order valence-corrected chi connectivity index (χ1v) is 9.21. The monoisotopic (exact) mass is 391 g/mol. The summed E-state index contributed by atoms with van der Waals surface area (Å²) in [4.78, 5) is 5.47. The number of fused-ring (bicyclic) bond motifs is 1. The van der Waals surface area contributed by atoms with Gasteiger partial charge in [0.2, 0.25) is 0 Å². The molecule has 0 fully saturated rings. The molecule has 0 aliphatic carbocycles. The molecule has 136 valence electrons. The number of rotatable bonds is 7. The van der Waals surface area contributed by atoms with Gasteiger partial charge in [-0.3, -0.25) is 0 Å². The van der Waals surface area contributed by atoms with Crippen molar-refractivity contribution in [1.82, 2.24) is 4.98 Å². The van der Waals surface area contributed by atoms with Crippen LogP contribution in [-0.2, 0) is 17.7 Å². The maximum Gasteiger partial charge on any atom is 0.177 e. The predicted octanol–water partition coefficient (Wildman–Crippen LogP) is 4.04. The van der Waals surface area contributed by atoms with Crippen LogP contribution in [0.3, 0.4) is 0 Å². The Morgan fingerprint density at radius 1 is 1.58 bits per heavy atom. The highest BCUT2D eigenvalue weighted by atomic mass is 35.5.